The molecule has 0 saturated carbocycles. The number of hydrogen-bond acceptors (Lipinski definition) is 7. The minimum atomic E-state index is -0.615. The third-order valence-electron chi connectivity index (χ3n) is 5.62. The summed E-state index contributed by atoms with van der Waals surface area (Å²) in [5, 5.41) is 9.67. The molecule has 0 aliphatic heterocycles. The minimum absolute atomic E-state index is 0.0535. The highest BCUT2D eigenvalue weighted by molar-refractivity contribution is 7.14. The molecule has 6 aromatic heterocycles. The molecule has 0 unspecified atom stereocenters. The summed E-state index contributed by atoms with van der Waals surface area (Å²) in [6.45, 7) is 1.73. The van der Waals surface area contributed by atoms with Gasteiger partial charge in [0.1, 0.15) is 16.9 Å². The normalized spacial score (nSPS) is 11.4. The largest absolute Gasteiger partial charge is 0.335 e. The van der Waals surface area contributed by atoms with Crippen LogP contribution in [-0.4, -0.2) is 41.0 Å². The lowest BCUT2D eigenvalue weighted by molar-refractivity contribution is -0.115. The number of H-pyrrole nitrogens is 2. The van der Waals surface area contributed by atoms with Gasteiger partial charge in [0.15, 0.2) is 16.8 Å². The van der Waals surface area contributed by atoms with Crippen molar-refractivity contribution in [2.45, 2.75) is 13.3 Å². The number of fused-ring (bicyclic) bond motifs is 2. The van der Waals surface area contributed by atoms with E-state index in [9.17, 15) is 9.18 Å². The molecular formula is C24H16F2N8OS. The topological polar surface area (TPSA) is 125 Å². The standard InChI is InChI=1S/C24H16F2N8OS/c1-2-18(35)30-12-5-11(6-27-7-12)21-20(26)19-14(10-29-21)33-34-23(19)24-31-15-9-28-8-13(22(15)32-24)16-3-4-17(25)36-16/h3-10H,2H2,1H3,(H,30,35)(H,31,32)(H,33,34). The summed E-state index contributed by atoms with van der Waals surface area (Å²) in [6.07, 6.45) is 7.94. The molecule has 6 aromatic rings. The fourth-order valence-electron chi connectivity index (χ4n) is 3.92. The molecule has 0 aliphatic carbocycles. The summed E-state index contributed by atoms with van der Waals surface area (Å²) in [7, 11) is 0. The number of aromatic nitrogens is 7. The Morgan fingerprint density at radius 1 is 1.06 bits per heavy atom. The van der Waals surface area contributed by atoms with Crippen LogP contribution in [0.1, 0.15) is 13.3 Å². The van der Waals surface area contributed by atoms with Crippen LogP contribution in [-0.2, 0) is 4.79 Å². The van der Waals surface area contributed by atoms with E-state index in [0.29, 0.717) is 50.5 Å². The van der Waals surface area contributed by atoms with Crippen LogP contribution >= 0.6 is 11.3 Å². The number of aromatic amines is 2. The molecule has 1 amide bonds. The predicted molar refractivity (Wildman–Crippen MR) is 132 cm³/mol. The molecule has 0 aliphatic rings. The summed E-state index contributed by atoms with van der Waals surface area (Å²) >= 11 is 0.990. The maximum absolute atomic E-state index is 15.9. The van der Waals surface area contributed by atoms with Crippen molar-refractivity contribution < 1.29 is 13.6 Å². The number of pyridine rings is 3. The molecule has 3 N–H and O–H groups in total. The third kappa shape index (κ3) is 3.67. The Bertz CT molecular complexity index is 1770. The molecule has 12 heteroatoms. The van der Waals surface area contributed by atoms with Crippen molar-refractivity contribution in [1.29, 1.82) is 0 Å². The Balaban J connectivity index is 1.47. The maximum Gasteiger partial charge on any atom is 0.224 e. The molecule has 6 rings (SSSR count). The van der Waals surface area contributed by atoms with E-state index in [1.54, 1.807) is 31.5 Å². The van der Waals surface area contributed by atoms with Gasteiger partial charge in [-0.25, -0.2) is 9.37 Å². The van der Waals surface area contributed by atoms with E-state index in [1.165, 1.54) is 24.7 Å². The number of amides is 1. The van der Waals surface area contributed by atoms with Gasteiger partial charge in [0, 0.05) is 34.8 Å². The van der Waals surface area contributed by atoms with E-state index in [-0.39, 0.29) is 27.8 Å². The number of anilines is 1. The van der Waals surface area contributed by atoms with Crippen LogP contribution in [0.2, 0.25) is 0 Å². The second kappa shape index (κ2) is 8.57. The fraction of sp³-hybridized carbons (Fsp3) is 0.0833. The van der Waals surface area contributed by atoms with E-state index in [2.05, 4.69) is 40.4 Å². The lowest BCUT2D eigenvalue weighted by Crippen LogP contribution is -2.09. The number of nitrogens with one attached hydrogen (secondary N) is 3. The lowest BCUT2D eigenvalue weighted by atomic mass is 10.1. The SMILES string of the molecule is CCC(=O)Nc1cncc(-c2ncc3[nH]nc(-c4nc5c(-c6ccc(F)s6)cncc5[nH]4)c3c2F)c1. The van der Waals surface area contributed by atoms with E-state index in [0.717, 1.165) is 11.3 Å². The number of rotatable bonds is 5. The Morgan fingerprint density at radius 3 is 2.72 bits per heavy atom. The van der Waals surface area contributed by atoms with Crippen molar-refractivity contribution in [3.05, 3.63) is 60.1 Å². The number of nitrogens with zero attached hydrogens (tertiary/aromatic N) is 5. The highest BCUT2D eigenvalue weighted by atomic mass is 32.1. The lowest BCUT2D eigenvalue weighted by Gasteiger charge is -2.07. The van der Waals surface area contributed by atoms with Crippen LogP contribution in [0, 0.1) is 10.9 Å². The average molecular weight is 503 g/mol. The second-order valence-electron chi connectivity index (χ2n) is 7.92. The first-order valence-corrected chi connectivity index (χ1v) is 11.7. The summed E-state index contributed by atoms with van der Waals surface area (Å²) in [6, 6.07) is 4.66. The quantitative estimate of drug-likeness (QED) is 0.293. The van der Waals surface area contributed by atoms with Crippen LogP contribution < -0.4 is 5.32 Å². The molecule has 0 aromatic carbocycles. The monoisotopic (exact) mass is 502 g/mol. The van der Waals surface area contributed by atoms with E-state index in [4.69, 9.17) is 0 Å². The molecule has 0 atom stereocenters. The van der Waals surface area contributed by atoms with Crippen LogP contribution in [0.15, 0.2) is 49.2 Å². The van der Waals surface area contributed by atoms with Crippen molar-refractivity contribution in [3.63, 3.8) is 0 Å². The zero-order chi connectivity index (χ0) is 24.8. The molecule has 0 fully saturated rings. The number of hydrogen-bond donors (Lipinski definition) is 3. The van der Waals surface area contributed by atoms with Crippen molar-refractivity contribution in [3.8, 4) is 33.2 Å². The Hall–Kier alpha value is -4.58. The van der Waals surface area contributed by atoms with Crippen molar-refractivity contribution in [1.82, 2.24) is 35.1 Å². The highest BCUT2D eigenvalue weighted by Gasteiger charge is 2.22. The number of halogens is 2. The summed E-state index contributed by atoms with van der Waals surface area (Å²) < 4.78 is 29.5. The van der Waals surface area contributed by atoms with Gasteiger partial charge in [-0.05, 0) is 18.2 Å². The molecule has 0 saturated heterocycles. The summed E-state index contributed by atoms with van der Waals surface area (Å²) in [4.78, 5) is 32.8. The predicted octanol–water partition coefficient (Wildman–Crippen LogP) is 5.31. The van der Waals surface area contributed by atoms with E-state index >= 15 is 4.39 Å². The Kier molecular flexibility index (Phi) is 5.22. The van der Waals surface area contributed by atoms with Gasteiger partial charge in [-0.2, -0.15) is 9.49 Å². The third-order valence-corrected chi connectivity index (χ3v) is 6.53. The van der Waals surface area contributed by atoms with Crippen LogP contribution in [0.25, 0.3) is 55.2 Å². The van der Waals surface area contributed by atoms with E-state index < -0.39 is 5.82 Å². The molecular weight excluding hydrogens is 486 g/mol. The molecule has 0 bridgehead atoms. The van der Waals surface area contributed by atoms with Crippen molar-refractivity contribution in [2.75, 3.05) is 5.32 Å². The zero-order valence-corrected chi connectivity index (χ0v) is 19.5. The van der Waals surface area contributed by atoms with Gasteiger partial charge < -0.3 is 10.3 Å². The van der Waals surface area contributed by atoms with Crippen LogP contribution in [0.3, 0.4) is 0 Å². The Morgan fingerprint density at radius 2 is 1.92 bits per heavy atom. The Labute approximate surface area is 205 Å². The van der Waals surface area contributed by atoms with Crippen LogP contribution in [0.5, 0.6) is 0 Å². The van der Waals surface area contributed by atoms with Gasteiger partial charge in [0.25, 0.3) is 0 Å². The van der Waals surface area contributed by atoms with E-state index in [1.807, 2.05) is 0 Å². The molecule has 9 nitrogen and oxygen atoms in total. The number of imidazole rings is 1. The van der Waals surface area contributed by atoms with Gasteiger partial charge in [-0.15, -0.1) is 11.3 Å². The average Bonchev–Trinajstić information content (AvgIpc) is 3.62. The second-order valence-corrected chi connectivity index (χ2v) is 8.95. The first-order chi connectivity index (χ1) is 17.5. The van der Waals surface area contributed by atoms with Crippen molar-refractivity contribution in [2.24, 2.45) is 0 Å². The minimum Gasteiger partial charge on any atom is -0.335 e. The fourth-order valence-corrected chi connectivity index (χ4v) is 4.66. The van der Waals surface area contributed by atoms with Crippen molar-refractivity contribution >= 4 is 44.9 Å². The number of carbonyl (C=O) groups is 1. The first-order valence-electron chi connectivity index (χ1n) is 10.9. The van der Waals surface area contributed by atoms with Gasteiger partial charge in [0.05, 0.1) is 40.7 Å². The highest BCUT2D eigenvalue weighted by Crippen LogP contribution is 2.35. The van der Waals surface area contributed by atoms with Gasteiger partial charge in [-0.1, -0.05) is 6.92 Å². The smallest absolute Gasteiger partial charge is 0.224 e. The molecule has 36 heavy (non-hydrogen) atoms. The van der Waals surface area contributed by atoms with Gasteiger partial charge in [-0.3, -0.25) is 24.8 Å². The maximum atomic E-state index is 15.9. The van der Waals surface area contributed by atoms with Crippen LogP contribution in [0.4, 0.5) is 14.5 Å². The van der Waals surface area contributed by atoms with Gasteiger partial charge in [0.2, 0.25) is 5.91 Å². The molecule has 0 spiro atoms. The summed E-state index contributed by atoms with van der Waals surface area (Å²) in [5.74, 6) is -0.476. The number of carbonyl (C=O) groups excluding carboxylic acids is 1. The summed E-state index contributed by atoms with van der Waals surface area (Å²) in [5.41, 5.74) is 3.35. The zero-order valence-electron chi connectivity index (χ0n) is 18.6. The number of thiophene rings is 1. The molecule has 178 valence electrons. The molecule has 6 heterocycles. The molecule has 0 radical (unpaired) electrons. The van der Waals surface area contributed by atoms with Gasteiger partial charge >= 0.3 is 0 Å². The first kappa shape index (κ1) is 21.9.